The van der Waals surface area contributed by atoms with Crippen LogP contribution in [0.4, 0.5) is 11.4 Å². The van der Waals surface area contributed by atoms with E-state index in [4.69, 9.17) is 21.1 Å². The van der Waals surface area contributed by atoms with Crippen LogP contribution >= 0.6 is 11.6 Å². The fourth-order valence-corrected chi connectivity index (χ4v) is 5.79. The van der Waals surface area contributed by atoms with Crippen LogP contribution in [0.5, 0.6) is 5.75 Å². The average Bonchev–Trinajstić information content (AvgIpc) is 3.58. The molecule has 0 radical (unpaired) electrons. The molecular formula is C28H32ClN5O3. The third-order valence-electron chi connectivity index (χ3n) is 7.75. The SMILES string of the molecule is CCc1c(Cl)cccc1Nc1c(-c2ccncc2OCC2CN(C)CCO2)[nH]c2c1C(=O)NCC21CC1. The van der Waals surface area contributed by atoms with Crippen LogP contribution in [0.3, 0.4) is 0 Å². The lowest BCUT2D eigenvalue weighted by Crippen LogP contribution is -2.42. The molecule has 1 saturated carbocycles. The first-order valence-corrected chi connectivity index (χ1v) is 13.3. The molecule has 1 amide bonds. The second kappa shape index (κ2) is 9.67. The minimum absolute atomic E-state index is 0.0136. The van der Waals surface area contributed by atoms with Gasteiger partial charge in [-0.15, -0.1) is 0 Å². The maximum Gasteiger partial charge on any atom is 0.255 e. The minimum Gasteiger partial charge on any atom is -0.488 e. The number of H-pyrrole nitrogens is 1. The van der Waals surface area contributed by atoms with Crippen LogP contribution in [0.1, 0.15) is 41.4 Å². The summed E-state index contributed by atoms with van der Waals surface area (Å²) in [5, 5.41) is 7.41. The Morgan fingerprint density at radius 1 is 1.32 bits per heavy atom. The molecule has 1 saturated heterocycles. The van der Waals surface area contributed by atoms with Gasteiger partial charge in [0.25, 0.3) is 5.91 Å². The second-order valence-corrected chi connectivity index (χ2v) is 10.7. The maximum absolute atomic E-state index is 13.3. The zero-order chi connectivity index (χ0) is 25.6. The molecule has 3 aliphatic rings. The van der Waals surface area contributed by atoms with E-state index < -0.39 is 0 Å². The van der Waals surface area contributed by atoms with Gasteiger partial charge in [0, 0.05) is 53.2 Å². The van der Waals surface area contributed by atoms with Gasteiger partial charge < -0.3 is 30.0 Å². The van der Waals surface area contributed by atoms with E-state index in [9.17, 15) is 4.79 Å². The molecule has 1 unspecified atom stereocenters. The molecule has 194 valence electrons. The summed E-state index contributed by atoms with van der Waals surface area (Å²) >= 11 is 6.53. The van der Waals surface area contributed by atoms with Crippen molar-refractivity contribution in [1.82, 2.24) is 20.2 Å². The summed E-state index contributed by atoms with van der Waals surface area (Å²) in [6, 6.07) is 7.75. The zero-order valence-electron chi connectivity index (χ0n) is 21.2. The smallest absolute Gasteiger partial charge is 0.255 e. The van der Waals surface area contributed by atoms with Crippen molar-refractivity contribution in [1.29, 1.82) is 0 Å². The quantitative estimate of drug-likeness (QED) is 0.423. The highest BCUT2D eigenvalue weighted by molar-refractivity contribution is 6.31. The van der Waals surface area contributed by atoms with Crippen molar-refractivity contribution in [2.75, 3.05) is 45.2 Å². The number of nitrogens with one attached hydrogen (secondary N) is 3. The van der Waals surface area contributed by atoms with Crippen molar-refractivity contribution in [2.45, 2.75) is 37.7 Å². The Bertz CT molecular complexity index is 1340. The lowest BCUT2D eigenvalue weighted by atomic mass is 9.93. The van der Waals surface area contributed by atoms with E-state index in [0.717, 1.165) is 66.2 Å². The minimum atomic E-state index is -0.0761. The van der Waals surface area contributed by atoms with Gasteiger partial charge in [0.05, 0.1) is 29.7 Å². The van der Waals surface area contributed by atoms with Crippen LogP contribution in [-0.2, 0) is 16.6 Å². The van der Waals surface area contributed by atoms with Crippen molar-refractivity contribution in [3.8, 4) is 17.0 Å². The number of amides is 1. The number of pyridine rings is 1. The number of rotatable bonds is 7. The van der Waals surface area contributed by atoms with Gasteiger partial charge in [-0.2, -0.15) is 0 Å². The van der Waals surface area contributed by atoms with Crippen LogP contribution in [0.25, 0.3) is 11.3 Å². The number of ether oxygens (including phenoxy) is 2. The first-order chi connectivity index (χ1) is 18.0. The summed E-state index contributed by atoms with van der Waals surface area (Å²) < 4.78 is 12.2. The number of hydrogen-bond donors (Lipinski definition) is 3. The Hall–Kier alpha value is -3.07. The molecule has 1 aromatic carbocycles. The lowest BCUT2D eigenvalue weighted by Gasteiger charge is -2.30. The fourth-order valence-electron chi connectivity index (χ4n) is 5.48. The van der Waals surface area contributed by atoms with E-state index in [1.165, 1.54) is 0 Å². The maximum atomic E-state index is 13.3. The molecule has 3 aromatic rings. The molecule has 6 rings (SSSR count). The van der Waals surface area contributed by atoms with Crippen LogP contribution in [-0.4, -0.2) is 66.8 Å². The number of halogens is 1. The Balaban J connectivity index is 1.43. The Morgan fingerprint density at radius 3 is 2.97 bits per heavy atom. The summed E-state index contributed by atoms with van der Waals surface area (Å²) in [6.07, 6.45) is 6.32. The van der Waals surface area contributed by atoms with Gasteiger partial charge in [0.2, 0.25) is 0 Å². The van der Waals surface area contributed by atoms with E-state index in [1.54, 1.807) is 12.4 Å². The fraction of sp³-hybridized carbons (Fsp3) is 0.429. The third kappa shape index (κ3) is 4.47. The van der Waals surface area contributed by atoms with Crippen molar-refractivity contribution in [2.24, 2.45) is 0 Å². The molecule has 2 aromatic heterocycles. The van der Waals surface area contributed by atoms with Crippen molar-refractivity contribution in [3.05, 3.63) is 58.5 Å². The number of nitrogens with zero attached hydrogens (tertiary/aromatic N) is 2. The third-order valence-corrected chi connectivity index (χ3v) is 8.10. The molecule has 1 spiro atoms. The van der Waals surface area contributed by atoms with E-state index >= 15 is 0 Å². The summed E-state index contributed by atoms with van der Waals surface area (Å²) in [5.41, 5.74) is 5.92. The second-order valence-electron chi connectivity index (χ2n) is 10.3. The molecule has 4 heterocycles. The predicted molar refractivity (Wildman–Crippen MR) is 144 cm³/mol. The van der Waals surface area contributed by atoms with Gasteiger partial charge in [-0.25, -0.2) is 0 Å². The van der Waals surface area contributed by atoms with Gasteiger partial charge in [-0.3, -0.25) is 9.78 Å². The highest BCUT2D eigenvalue weighted by atomic mass is 35.5. The summed E-state index contributed by atoms with van der Waals surface area (Å²) in [4.78, 5) is 23.5. The van der Waals surface area contributed by atoms with Gasteiger partial charge in [-0.1, -0.05) is 24.6 Å². The largest absolute Gasteiger partial charge is 0.488 e. The first kappa shape index (κ1) is 24.3. The Kier molecular flexibility index (Phi) is 6.34. The lowest BCUT2D eigenvalue weighted by molar-refractivity contribution is -0.0403. The average molecular weight is 522 g/mol. The molecule has 8 nitrogen and oxygen atoms in total. The molecule has 2 aliphatic heterocycles. The number of likely N-dealkylation sites (N-methyl/N-ethyl adjacent to an activating group) is 1. The van der Waals surface area contributed by atoms with E-state index in [1.807, 2.05) is 24.3 Å². The molecule has 0 bridgehead atoms. The number of carbonyl (C=O) groups is 1. The Morgan fingerprint density at radius 2 is 2.19 bits per heavy atom. The van der Waals surface area contributed by atoms with Gasteiger partial charge in [0.1, 0.15) is 18.5 Å². The van der Waals surface area contributed by atoms with Crippen LogP contribution < -0.4 is 15.4 Å². The number of carbonyl (C=O) groups excluding carboxylic acids is 1. The van der Waals surface area contributed by atoms with Crippen LogP contribution in [0, 0.1) is 0 Å². The molecule has 2 fully saturated rings. The van der Waals surface area contributed by atoms with E-state index in [2.05, 4.69) is 39.5 Å². The van der Waals surface area contributed by atoms with Gasteiger partial charge in [-0.05, 0) is 50.1 Å². The van der Waals surface area contributed by atoms with E-state index in [0.29, 0.717) is 36.1 Å². The highest BCUT2D eigenvalue weighted by Crippen LogP contribution is 2.54. The normalized spacial score (nSPS) is 20.4. The molecule has 1 atom stereocenters. The zero-order valence-corrected chi connectivity index (χ0v) is 22.0. The van der Waals surface area contributed by atoms with Crippen molar-refractivity contribution >= 4 is 28.9 Å². The van der Waals surface area contributed by atoms with Crippen LogP contribution in [0.15, 0.2) is 36.7 Å². The summed E-state index contributed by atoms with van der Waals surface area (Å²) in [7, 11) is 2.09. The number of aromatic nitrogens is 2. The van der Waals surface area contributed by atoms with Crippen molar-refractivity contribution < 1.29 is 14.3 Å². The van der Waals surface area contributed by atoms with E-state index in [-0.39, 0.29) is 17.4 Å². The first-order valence-electron chi connectivity index (χ1n) is 13.0. The topological polar surface area (TPSA) is 91.5 Å². The number of fused-ring (bicyclic) bond motifs is 2. The molecule has 3 N–H and O–H groups in total. The van der Waals surface area contributed by atoms with Crippen LogP contribution in [0.2, 0.25) is 5.02 Å². The summed E-state index contributed by atoms with van der Waals surface area (Å²) in [5.74, 6) is 0.570. The van der Waals surface area contributed by atoms with Gasteiger partial charge >= 0.3 is 0 Å². The Labute approximate surface area is 221 Å². The number of hydrogen-bond acceptors (Lipinski definition) is 6. The number of morpholine rings is 1. The number of benzene rings is 1. The number of anilines is 2. The predicted octanol–water partition coefficient (Wildman–Crippen LogP) is 4.52. The monoisotopic (exact) mass is 521 g/mol. The van der Waals surface area contributed by atoms with Gasteiger partial charge in [0.15, 0.2) is 0 Å². The number of aromatic amines is 1. The molecule has 37 heavy (non-hydrogen) atoms. The highest BCUT2D eigenvalue weighted by Gasteiger charge is 2.51. The van der Waals surface area contributed by atoms with Crippen molar-refractivity contribution in [3.63, 3.8) is 0 Å². The standard InChI is InChI=1S/C28H32ClN5O3/c1-3-18-20(29)5-4-6-21(18)32-25-23-26(28(8-9-28)16-31-27(23)35)33-24(25)19-7-10-30-13-22(19)37-15-17-14-34(2)11-12-36-17/h4-7,10,13,17,32-33H,3,8-9,11-12,14-16H2,1-2H3,(H,31,35). The molecular weight excluding hydrogens is 490 g/mol. The summed E-state index contributed by atoms with van der Waals surface area (Å²) in [6.45, 7) is 5.58. The molecule has 1 aliphatic carbocycles. The molecule has 9 heteroatoms.